The fraction of sp³-hybridized carbons (Fsp3) is 0.250. The van der Waals surface area contributed by atoms with Crippen molar-refractivity contribution in [3.05, 3.63) is 34.0 Å². The molecule has 102 valence electrons. The van der Waals surface area contributed by atoms with Crippen molar-refractivity contribution in [2.24, 2.45) is 10.9 Å². The van der Waals surface area contributed by atoms with Gasteiger partial charge in [-0.3, -0.25) is 0 Å². The van der Waals surface area contributed by atoms with E-state index in [-0.39, 0.29) is 0 Å². The van der Waals surface area contributed by atoms with Crippen molar-refractivity contribution < 1.29 is 0 Å². The number of aliphatic imine (C=N–C) groups is 1. The van der Waals surface area contributed by atoms with Crippen LogP contribution in [0, 0.1) is 9.49 Å². The van der Waals surface area contributed by atoms with E-state index >= 15 is 0 Å². The Kier molecular flexibility index (Phi) is 3.50. The SMILES string of the molecule is C=Nc1nc2ccc(I)cc2c2c1ccn2CC(C)C. The number of benzene rings is 1. The van der Waals surface area contributed by atoms with E-state index in [2.05, 4.69) is 88.2 Å². The van der Waals surface area contributed by atoms with Gasteiger partial charge in [-0.1, -0.05) is 13.8 Å². The summed E-state index contributed by atoms with van der Waals surface area (Å²) in [5.74, 6) is 1.31. The fourth-order valence-electron chi connectivity index (χ4n) is 2.59. The lowest BCUT2D eigenvalue weighted by atomic mass is 10.1. The normalized spacial score (nSPS) is 11.6. The van der Waals surface area contributed by atoms with Gasteiger partial charge in [0.1, 0.15) is 0 Å². The first-order valence-corrected chi connectivity index (χ1v) is 7.73. The minimum absolute atomic E-state index is 0.594. The summed E-state index contributed by atoms with van der Waals surface area (Å²) in [5, 5.41) is 2.26. The molecule has 0 amide bonds. The third kappa shape index (κ3) is 2.22. The number of aromatic nitrogens is 2. The van der Waals surface area contributed by atoms with Gasteiger partial charge in [0.15, 0.2) is 5.82 Å². The number of fused-ring (bicyclic) bond motifs is 3. The molecule has 3 rings (SSSR count). The van der Waals surface area contributed by atoms with Crippen molar-refractivity contribution in [1.82, 2.24) is 9.55 Å². The number of rotatable bonds is 3. The Hall–Kier alpha value is -1.43. The minimum Gasteiger partial charge on any atom is -0.347 e. The molecule has 1 aromatic carbocycles. The summed E-state index contributed by atoms with van der Waals surface area (Å²) in [6, 6.07) is 8.41. The number of halogens is 1. The van der Waals surface area contributed by atoms with Gasteiger partial charge in [-0.25, -0.2) is 9.98 Å². The molecule has 0 bridgehead atoms. The maximum atomic E-state index is 4.61. The highest BCUT2D eigenvalue weighted by atomic mass is 127. The summed E-state index contributed by atoms with van der Waals surface area (Å²) in [6.45, 7) is 9.10. The predicted molar refractivity (Wildman–Crippen MR) is 94.0 cm³/mol. The standard InChI is InChI=1S/C16H16IN3/c1-10(2)9-20-7-6-12-15(20)13-8-11(17)4-5-14(13)19-16(12)18-3/h4-8,10H,3,9H2,1-2H3. The molecule has 0 spiro atoms. The molecule has 3 nitrogen and oxygen atoms in total. The van der Waals surface area contributed by atoms with Crippen molar-refractivity contribution in [3.63, 3.8) is 0 Å². The Balaban J connectivity index is 2.43. The lowest BCUT2D eigenvalue weighted by molar-refractivity contribution is 0.536. The van der Waals surface area contributed by atoms with Crippen molar-refractivity contribution in [1.29, 1.82) is 0 Å². The summed E-state index contributed by atoms with van der Waals surface area (Å²) in [6.07, 6.45) is 2.13. The Bertz CT molecular complexity index is 802. The molecular formula is C16H16IN3. The first-order chi connectivity index (χ1) is 9.60. The van der Waals surface area contributed by atoms with E-state index in [9.17, 15) is 0 Å². The van der Waals surface area contributed by atoms with Gasteiger partial charge in [-0.2, -0.15) is 0 Å². The molecule has 4 heteroatoms. The molecule has 0 aliphatic carbocycles. The average Bonchev–Trinajstić information content (AvgIpc) is 2.81. The summed E-state index contributed by atoms with van der Waals surface area (Å²) < 4.78 is 3.52. The van der Waals surface area contributed by atoms with Gasteiger partial charge >= 0.3 is 0 Å². The van der Waals surface area contributed by atoms with Gasteiger partial charge in [-0.15, -0.1) is 0 Å². The van der Waals surface area contributed by atoms with E-state index < -0.39 is 0 Å². The van der Waals surface area contributed by atoms with Gasteiger partial charge in [0.2, 0.25) is 0 Å². The van der Waals surface area contributed by atoms with Crippen LogP contribution in [-0.4, -0.2) is 16.3 Å². The number of pyridine rings is 1. The highest BCUT2D eigenvalue weighted by Crippen LogP contribution is 2.32. The zero-order chi connectivity index (χ0) is 14.3. The Morgan fingerprint density at radius 3 is 2.80 bits per heavy atom. The molecule has 0 aliphatic heterocycles. The van der Waals surface area contributed by atoms with E-state index in [1.165, 1.54) is 14.5 Å². The maximum absolute atomic E-state index is 4.61. The van der Waals surface area contributed by atoms with Crippen LogP contribution in [0.4, 0.5) is 5.82 Å². The maximum Gasteiger partial charge on any atom is 0.161 e. The van der Waals surface area contributed by atoms with Crippen LogP contribution in [-0.2, 0) is 6.54 Å². The Labute approximate surface area is 131 Å². The van der Waals surface area contributed by atoms with Gasteiger partial charge in [0.05, 0.1) is 11.0 Å². The fourth-order valence-corrected chi connectivity index (χ4v) is 3.08. The highest BCUT2D eigenvalue weighted by Gasteiger charge is 2.12. The molecule has 2 heterocycles. The molecule has 0 N–H and O–H groups in total. The molecule has 2 aromatic heterocycles. The summed E-state index contributed by atoms with van der Waals surface area (Å²) in [7, 11) is 0. The monoisotopic (exact) mass is 377 g/mol. The summed E-state index contributed by atoms with van der Waals surface area (Å²) >= 11 is 2.34. The van der Waals surface area contributed by atoms with Crippen molar-refractivity contribution in [3.8, 4) is 0 Å². The second kappa shape index (κ2) is 5.16. The zero-order valence-electron chi connectivity index (χ0n) is 11.6. The van der Waals surface area contributed by atoms with Crippen LogP contribution in [0.2, 0.25) is 0 Å². The minimum atomic E-state index is 0.594. The molecule has 0 saturated heterocycles. The largest absolute Gasteiger partial charge is 0.347 e. The van der Waals surface area contributed by atoms with Crippen molar-refractivity contribution in [2.75, 3.05) is 0 Å². The van der Waals surface area contributed by atoms with E-state index in [0.717, 1.165) is 23.3 Å². The van der Waals surface area contributed by atoms with Crippen LogP contribution in [0.25, 0.3) is 21.8 Å². The first-order valence-electron chi connectivity index (χ1n) is 6.65. The number of hydrogen-bond acceptors (Lipinski definition) is 2. The second-order valence-corrected chi connectivity index (χ2v) is 6.62. The molecular weight excluding hydrogens is 361 g/mol. The van der Waals surface area contributed by atoms with Crippen LogP contribution >= 0.6 is 22.6 Å². The summed E-state index contributed by atoms with van der Waals surface area (Å²) in [5.41, 5.74) is 2.19. The highest BCUT2D eigenvalue weighted by molar-refractivity contribution is 14.1. The predicted octanol–water partition coefficient (Wildman–Crippen LogP) is 4.78. The van der Waals surface area contributed by atoms with Gasteiger partial charge < -0.3 is 4.57 Å². The number of nitrogens with zero attached hydrogens (tertiary/aromatic N) is 3. The quantitative estimate of drug-likeness (QED) is 0.477. The lowest BCUT2D eigenvalue weighted by Crippen LogP contribution is -2.03. The molecule has 0 aliphatic rings. The molecule has 20 heavy (non-hydrogen) atoms. The lowest BCUT2D eigenvalue weighted by Gasteiger charge is -2.11. The van der Waals surface area contributed by atoms with Crippen molar-refractivity contribution in [2.45, 2.75) is 20.4 Å². The first kappa shape index (κ1) is 13.5. The molecule has 0 unspecified atom stereocenters. The van der Waals surface area contributed by atoms with Crippen molar-refractivity contribution >= 4 is 56.9 Å². The van der Waals surface area contributed by atoms with Gasteiger partial charge in [0.25, 0.3) is 0 Å². The molecule has 3 aromatic rings. The third-order valence-electron chi connectivity index (χ3n) is 3.36. The van der Waals surface area contributed by atoms with E-state index in [0.29, 0.717) is 5.92 Å². The van der Waals surface area contributed by atoms with Gasteiger partial charge in [-0.05, 0) is 59.5 Å². The van der Waals surface area contributed by atoms with Crippen LogP contribution in [0.5, 0.6) is 0 Å². The van der Waals surface area contributed by atoms with Crippen LogP contribution in [0.3, 0.4) is 0 Å². The molecule has 0 radical (unpaired) electrons. The average molecular weight is 377 g/mol. The van der Waals surface area contributed by atoms with E-state index in [4.69, 9.17) is 0 Å². The van der Waals surface area contributed by atoms with E-state index in [1.807, 2.05) is 0 Å². The third-order valence-corrected chi connectivity index (χ3v) is 4.03. The molecule has 0 atom stereocenters. The van der Waals surface area contributed by atoms with Gasteiger partial charge in [0, 0.05) is 27.1 Å². The Morgan fingerprint density at radius 2 is 2.10 bits per heavy atom. The smallest absolute Gasteiger partial charge is 0.161 e. The van der Waals surface area contributed by atoms with Crippen LogP contribution in [0.15, 0.2) is 35.5 Å². The van der Waals surface area contributed by atoms with Crippen LogP contribution in [0.1, 0.15) is 13.8 Å². The Morgan fingerprint density at radius 1 is 1.30 bits per heavy atom. The zero-order valence-corrected chi connectivity index (χ0v) is 13.8. The number of hydrogen-bond donors (Lipinski definition) is 0. The molecule has 0 saturated carbocycles. The second-order valence-electron chi connectivity index (χ2n) is 5.38. The van der Waals surface area contributed by atoms with E-state index in [1.54, 1.807) is 0 Å². The molecule has 0 fully saturated rings. The van der Waals surface area contributed by atoms with Crippen LogP contribution < -0.4 is 0 Å². The topological polar surface area (TPSA) is 30.2 Å². The summed E-state index contributed by atoms with van der Waals surface area (Å²) in [4.78, 5) is 8.70.